The zero-order chi connectivity index (χ0) is 36.0. The number of carbonyl (C=O) groups is 2. The molecule has 52 heavy (non-hydrogen) atoms. The lowest BCUT2D eigenvalue weighted by molar-refractivity contribution is -0.135. The van der Waals surface area contributed by atoms with Crippen molar-refractivity contribution in [3.8, 4) is 0 Å². The SMILES string of the molecule is O=C(CN(CCSC(c1ccccc1)(c1ccccc1)c1ccccc1)C(=O)CCBr)NCC(SC(c1ccccc1)c1ccccc1)C1C=C=C1. The van der Waals surface area contributed by atoms with Crippen molar-refractivity contribution in [2.75, 3.05) is 30.7 Å². The number of benzene rings is 5. The minimum atomic E-state index is -0.502. The highest BCUT2D eigenvalue weighted by Crippen LogP contribution is 2.48. The van der Waals surface area contributed by atoms with Crippen molar-refractivity contribution in [3.63, 3.8) is 0 Å². The second-order valence-electron chi connectivity index (χ2n) is 12.6. The first-order valence-electron chi connectivity index (χ1n) is 17.7. The first-order chi connectivity index (χ1) is 25.6. The molecule has 0 spiro atoms. The van der Waals surface area contributed by atoms with E-state index in [-0.39, 0.29) is 34.8 Å². The highest BCUT2D eigenvalue weighted by Gasteiger charge is 2.37. The summed E-state index contributed by atoms with van der Waals surface area (Å²) in [6, 6.07) is 52.7. The zero-order valence-electron chi connectivity index (χ0n) is 29.0. The Kier molecular flexibility index (Phi) is 13.7. The standard InChI is InChI=1S/C45H43BrN2O2S2/c46-30-29-43(50)48(31-32-51-45(38-23-10-3-11-24-38,39-25-12-4-13-26-39)40-27-14-5-15-28-40)34-42(49)47-33-41(35-21-16-22-35)52-44(36-17-6-1-7-18-36)37-19-8-2-9-20-37/h1-15,17-28,35,41,44H,29-34H2,(H,47,49). The Labute approximate surface area is 324 Å². The molecular weight excluding hydrogens is 745 g/mol. The van der Waals surface area contributed by atoms with Gasteiger partial charge >= 0.3 is 0 Å². The van der Waals surface area contributed by atoms with Gasteiger partial charge in [-0.2, -0.15) is 0 Å². The monoisotopic (exact) mass is 786 g/mol. The van der Waals surface area contributed by atoms with Crippen LogP contribution in [-0.4, -0.2) is 52.7 Å². The third kappa shape index (κ3) is 9.39. The Balaban J connectivity index is 1.17. The Hall–Kier alpha value is -4.26. The fourth-order valence-corrected chi connectivity index (χ4v) is 9.89. The van der Waals surface area contributed by atoms with Gasteiger partial charge in [-0.05, 0) is 40.0 Å². The van der Waals surface area contributed by atoms with Crippen LogP contribution >= 0.6 is 39.5 Å². The summed E-state index contributed by atoms with van der Waals surface area (Å²) in [5.74, 6) is 0.639. The summed E-state index contributed by atoms with van der Waals surface area (Å²) in [6.45, 7) is 0.928. The van der Waals surface area contributed by atoms with E-state index in [0.717, 1.165) is 0 Å². The van der Waals surface area contributed by atoms with Crippen LogP contribution in [0.2, 0.25) is 0 Å². The number of nitrogens with zero attached hydrogens (tertiary/aromatic N) is 1. The van der Waals surface area contributed by atoms with Gasteiger partial charge in [-0.15, -0.1) is 29.3 Å². The Morgan fingerprint density at radius 2 is 1.17 bits per heavy atom. The van der Waals surface area contributed by atoms with Crippen LogP contribution in [-0.2, 0) is 14.3 Å². The van der Waals surface area contributed by atoms with Gasteiger partial charge in [-0.25, -0.2) is 0 Å². The average Bonchev–Trinajstić information content (AvgIpc) is 3.18. The summed E-state index contributed by atoms with van der Waals surface area (Å²) in [6.07, 6.45) is 4.49. The molecule has 264 valence electrons. The van der Waals surface area contributed by atoms with E-state index in [4.69, 9.17) is 0 Å². The zero-order valence-corrected chi connectivity index (χ0v) is 32.2. The first kappa shape index (κ1) is 37.5. The summed E-state index contributed by atoms with van der Waals surface area (Å²) in [5, 5.41) is 3.96. The van der Waals surface area contributed by atoms with Crippen LogP contribution < -0.4 is 5.32 Å². The number of rotatable bonds is 18. The number of hydrogen-bond donors (Lipinski definition) is 1. The largest absolute Gasteiger partial charge is 0.353 e. The molecule has 1 unspecified atom stereocenters. The van der Waals surface area contributed by atoms with Gasteiger partial charge in [0.1, 0.15) is 0 Å². The van der Waals surface area contributed by atoms with Gasteiger partial charge in [0, 0.05) is 41.8 Å². The van der Waals surface area contributed by atoms with Gasteiger partial charge in [-0.1, -0.05) is 168 Å². The van der Waals surface area contributed by atoms with Crippen molar-refractivity contribution in [1.82, 2.24) is 10.2 Å². The minimum absolute atomic E-state index is 0.00986. The highest BCUT2D eigenvalue weighted by molar-refractivity contribution is 9.09. The normalized spacial score (nSPS) is 13.0. The molecule has 1 aliphatic rings. The summed E-state index contributed by atoms with van der Waals surface area (Å²) in [4.78, 5) is 28.9. The fourth-order valence-electron chi connectivity index (χ4n) is 6.53. The van der Waals surface area contributed by atoms with Gasteiger partial charge in [0.05, 0.1) is 16.5 Å². The maximum absolute atomic E-state index is 13.7. The van der Waals surface area contributed by atoms with E-state index in [9.17, 15) is 9.59 Å². The van der Waals surface area contributed by atoms with Gasteiger partial charge < -0.3 is 10.2 Å². The summed E-state index contributed by atoms with van der Waals surface area (Å²) >= 11 is 7.11. The molecule has 5 aromatic rings. The van der Waals surface area contributed by atoms with Crippen molar-refractivity contribution < 1.29 is 9.59 Å². The van der Waals surface area contributed by atoms with Crippen LogP contribution in [0, 0.1) is 5.92 Å². The molecule has 1 atom stereocenters. The van der Waals surface area contributed by atoms with Crippen LogP contribution in [0.4, 0.5) is 0 Å². The van der Waals surface area contributed by atoms with Crippen molar-refractivity contribution in [2.45, 2.75) is 21.7 Å². The molecule has 0 saturated carbocycles. The molecule has 0 aliphatic heterocycles. The van der Waals surface area contributed by atoms with Crippen LogP contribution in [0.15, 0.2) is 170 Å². The lowest BCUT2D eigenvalue weighted by atomic mass is 9.84. The molecule has 2 amide bonds. The number of halogens is 1. The molecule has 0 heterocycles. The molecule has 4 nitrogen and oxygen atoms in total. The number of amides is 2. The number of alkyl halides is 1. The van der Waals surface area contributed by atoms with E-state index >= 15 is 0 Å². The molecule has 0 radical (unpaired) electrons. The van der Waals surface area contributed by atoms with Crippen molar-refractivity contribution in [2.24, 2.45) is 5.92 Å². The van der Waals surface area contributed by atoms with Crippen molar-refractivity contribution in [1.29, 1.82) is 0 Å². The van der Waals surface area contributed by atoms with Gasteiger partial charge in [-0.3, -0.25) is 9.59 Å². The molecule has 1 N–H and O–H groups in total. The van der Waals surface area contributed by atoms with Crippen molar-refractivity contribution in [3.05, 3.63) is 197 Å². The third-order valence-corrected chi connectivity index (χ3v) is 12.8. The number of nitrogens with one attached hydrogen (secondary N) is 1. The minimum Gasteiger partial charge on any atom is -0.353 e. The number of allylic oxidation sites excluding steroid dienone is 1. The van der Waals surface area contributed by atoms with E-state index in [0.29, 0.717) is 30.6 Å². The quantitative estimate of drug-likeness (QED) is 0.0546. The van der Waals surface area contributed by atoms with Crippen LogP contribution in [0.25, 0.3) is 0 Å². The molecule has 0 saturated heterocycles. The van der Waals surface area contributed by atoms with E-state index in [1.807, 2.05) is 42.1 Å². The first-order valence-corrected chi connectivity index (χ1v) is 20.7. The highest BCUT2D eigenvalue weighted by atomic mass is 79.9. The number of hydrogen-bond acceptors (Lipinski definition) is 4. The Bertz CT molecular complexity index is 1780. The van der Waals surface area contributed by atoms with Crippen LogP contribution in [0.3, 0.4) is 0 Å². The summed E-state index contributed by atoms with van der Waals surface area (Å²) in [7, 11) is 0. The molecular formula is C45H43BrN2O2S2. The summed E-state index contributed by atoms with van der Waals surface area (Å²) in [5.41, 5.74) is 9.13. The van der Waals surface area contributed by atoms with Crippen LogP contribution in [0.1, 0.15) is 39.5 Å². The van der Waals surface area contributed by atoms with Gasteiger partial charge in [0.2, 0.25) is 11.8 Å². The third-order valence-electron chi connectivity index (χ3n) is 9.24. The summed E-state index contributed by atoms with van der Waals surface area (Å²) < 4.78 is -0.502. The molecule has 6 rings (SSSR count). The Morgan fingerprint density at radius 1 is 0.712 bits per heavy atom. The number of carbonyl (C=O) groups excluding carboxylic acids is 2. The topological polar surface area (TPSA) is 49.4 Å². The average molecular weight is 788 g/mol. The second-order valence-corrected chi connectivity index (χ2v) is 16.1. The van der Waals surface area contributed by atoms with E-state index in [1.54, 1.807) is 16.7 Å². The molecule has 0 fully saturated rings. The van der Waals surface area contributed by atoms with Gasteiger partial charge in [0.25, 0.3) is 0 Å². The smallest absolute Gasteiger partial charge is 0.239 e. The lowest BCUT2D eigenvalue weighted by Crippen LogP contribution is -2.44. The lowest BCUT2D eigenvalue weighted by Gasteiger charge is -2.36. The predicted octanol–water partition coefficient (Wildman–Crippen LogP) is 9.67. The molecule has 0 aromatic heterocycles. The maximum atomic E-state index is 13.7. The number of thioether (sulfide) groups is 2. The fraction of sp³-hybridized carbons (Fsp3) is 0.222. The second kappa shape index (κ2) is 19.0. The van der Waals surface area contributed by atoms with E-state index in [1.165, 1.54) is 27.8 Å². The molecule has 0 bridgehead atoms. The Morgan fingerprint density at radius 3 is 1.60 bits per heavy atom. The van der Waals surface area contributed by atoms with E-state index in [2.05, 4.69) is 160 Å². The maximum Gasteiger partial charge on any atom is 0.239 e. The van der Waals surface area contributed by atoms with E-state index < -0.39 is 4.75 Å². The van der Waals surface area contributed by atoms with Crippen molar-refractivity contribution >= 4 is 51.3 Å². The molecule has 5 aromatic carbocycles. The predicted molar refractivity (Wildman–Crippen MR) is 222 cm³/mol. The molecule has 1 aliphatic carbocycles. The molecule has 7 heteroatoms. The van der Waals surface area contributed by atoms with Crippen LogP contribution in [0.5, 0.6) is 0 Å². The van der Waals surface area contributed by atoms with Gasteiger partial charge in [0.15, 0.2) is 0 Å².